The number of amides is 2. The fourth-order valence-electron chi connectivity index (χ4n) is 5.18. The summed E-state index contributed by atoms with van der Waals surface area (Å²) in [5, 5.41) is 19.8. The predicted molar refractivity (Wildman–Crippen MR) is 156 cm³/mol. The van der Waals surface area contributed by atoms with Crippen LogP contribution in [0.3, 0.4) is 0 Å². The molecule has 1 atom stereocenters. The van der Waals surface area contributed by atoms with Crippen molar-refractivity contribution < 1.29 is 23.9 Å². The highest BCUT2D eigenvalue weighted by Crippen LogP contribution is 2.37. The van der Waals surface area contributed by atoms with Crippen LogP contribution in [0.4, 0.5) is 10.1 Å². The van der Waals surface area contributed by atoms with Gasteiger partial charge in [0.25, 0.3) is 11.8 Å². The van der Waals surface area contributed by atoms with Gasteiger partial charge in [0.2, 0.25) is 0 Å². The molecule has 1 unspecified atom stereocenters. The van der Waals surface area contributed by atoms with Crippen molar-refractivity contribution in [2.45, 2.75) is 12.5 Å². The maximum absolute atomic E-state index is 14.6. The summed E-state index contributed by atoms with van der Waals surface area (Å²) in [7, 11) is 0. The molecule has 2 N–H and O–H groups in total. The number of halogens is 2. The number of pyridine rings is 1. The Hall–Kier alpha value is -5.42. The molecule has 6 rings (SSSR count). The number of aromatic nitrogens is 4. The molecule has 43 heavy (non-hydrogen) atoms. The molecule has 10 nitrogen and oxygen atoms in total. The molecule has 0 spiro atoms. The number of carboxylic acids is 1. The fourth-order valence-corrected chi connectivity index (χ4v) is 5.34. The van der Waals surface area contributed by atoms with Crippen molar-refractivity contribution in [3.05, 3.63) is 125 Å². The van der Waals surface area contributed by atoms with Crippen LogP contribution >= 0.6 is 11.6 Å². The van der Waals surface area contributed by atoms with Crippen LogP contribution in [-0.2, 0) is 11.2 Å². The Morgan fingerprint density at radius 1 is 0.977 bits per heavy atom. The summed E-state index contributed by atoms with van der Waals surface area (Å²) < 4.78 is 15.8. The zero-order valence-corrected chi connectivity index (χ0v) is 23.1. The number of hydrogen-bond acceptors (Lipinski definition) is 6. The van der Waals surface area contributed by atoms with E-state index in [0.717, 1.165) is 21.4 Å². The molecule has 5 aromatic rings. The van der Waals surface area contributed by atoms with Gasteiger partial charge in [0.15, 0.2) is 11.5 Å². The first kappa shape index (κ1) is 27.7. The Kier molecular flexibility index (Phi) is 7.39. The second-order valence-corrected chi connectivity index (χ2v) is 10.2. The van der Waals surface area contributed by atoms with Gasteiger partial charge in [0, 0.05) is 24.6 Å². The maximum Gasteiger partial charge on any atom is 0.335 e. The van der Waals surface area contributed by atoms with Crippen molar-refractivity contribution in [2.75, 3.05) is 11.9 Å². The second-order valence-electron chi connectivity index (χ2n) is 9.75. The largest absolute Gasteiger partial charge is 0.478 e. The molecule has 0 bridgehead atoms. The lowest BCUT2D eigenvalue weighted by atomic mass is 9.86. The van der Waals surface area contributed by atoms with Gasteiger partial charge in [-0.25, -0.2) is 13.9 Å². The quantitative estimate of drug-likeness (QED) is 0.276. The first-order valence-corrected chi connectivity index (χ1v) is 13.5. The lowest BCUT2D eigenvalue weighted by Gasteiger charge is -2.37. The van der Waals surface area contributed by atoms with Gasteiger partial charge >= 0.3 is 5.97 Å². The van der Waals surface area contributed by atoms with Gasteiger partial charge in [-0.1, -0.05) is 41.1 Å². The standard InChI is InChI=1S/C31H22ClFN6O4/c32-24-5-2-6-26(27(24)33)39-17-25(36-37-39)30(41)38-16-13-22-21(18-11-14-34-15-12-18)3-1-4-23(22)28(38)29(40)35-20-9-7-19(8-10-20)31(42)43/h1-12,14-15,17,28H,13,16H2,(H,35,40)(H,42,43). The van der Waals surface area contributed by atoms with Gasteiger partial charge in [0.1, 0.15) is 11.7 Å². The molecule has 0 fully saturated rings. The molecule has 1 aliphatic heterocycles. The van der Waals surface area contributed by atoms with E-state index in [0.29, 0.717) is 17.7 Å². The smallest absolute Gasteiger partial charge is 0.335 e. The normalized spacial score (nSPS) is 14.2. The minimum absolute atomic E-state index is 0.0177. The van der Waals surface area contributed by atoms with E-state index in [1.807, 2.05) is 24.3 Å². The first-order chi connectivity index (χ1) is 20.8. The molecule has 12 heteroatoms. The van der Waals surface area contributed by atoms with E-state index in [2.05, 4.69) is 20.6 Å². The molecule has 214 valence electrons. The summed E-state index contributed by atoms with van der Waals surface area (Å²) in [6.07, 6.45) is 5.11. The number of anilines is 1. The molecule has 2 aromatic heterocycles. The Labute approximate surface area is 249 Å². The minimum Gasteiger partial charge on any atom is -0.478 e. The lowest BCUT2D eigenvalue weighted by molar-refractivity contribution is -0.121. The number of carbonyl (C=O) groups is 3. The number of fused-ring (bicyclic) bond motifs is 1. The van der Waals surface area contributed by atoms with Crippen LogP contribution in [0.1, 0.15) is 38.0 Å². The van der Waals surface area contributed by atoms with Crippen LogP contribution in [0.15, 0.2) is 91.4 Å². The van der Waals surface area contributed by atoms with Crippen molar-refractivity contribution in [2.24, 2.45) is 0 Å². The van der Waals surface area contributed by atoms with E-state index < -0.39 is 29.6 Å². The van der Waals surface area contributed by atoms with Crippen molar-refractivity contribution in [3.63, 3.8) is 0 Å². The Morgan fingerprint density at radius 3 is 2.47 bits per heavy atom. The average molecular weight is 597 g/mol. The lowest BCUT2D eigenvalue weighted by Crippen LogP contribution is -2.45. The highest BCUT2D eigenvalue weighted by molar-refractivity contribution is 6.30. The minimum atomic E-state index is -1.09. The van der Waals surface area contributed by atoms with E-state index in [1.165, 1.54) is 47.5 Å². The van der Waals surface area contributed by atoms with Gasteiger partial charge in [-0.2, -0.15) is 0 Å². The van der Waals surface area contributed by atoms with E-state index >= 15 is 0 Å². The van der Waals surface area contributed by atoms with Crippen molar-refractivity contribution in [1.29, 1.82) is 0 Å². The number of benzene rings is 3. The molecule has 0 aliphatic carbocycles. The molecular formula is C31H22ClFN6O4. The molecule has 3 aromatic carbocycles. The highest BCUT2D eigenvalue weighted by Gasteiger charge is 2.38. The third kappa shape index (κ3) is 5.33. The third-order valence-electron chi connectivity index (χ3n) is 7.21. The zero-order chi connectivity index (χ0) is 30.1. The first-order valence-electron chi connectivity index (χ1n) is 13.2. The monoisotopic (exact) mass is 596 g/mol. The van der Waals surface area contributed by atoms with E-state index in [9.17, 15) is 23.9 Å². The summed E-state index contributed by atoms with van der Waals surface area (Å²) in [6.45, 7) is 0.183. The van der Waals surface area contributed by atoms with Crippen LogP contribution in [0.2, 0.25) is 5.02 Å². The highest BCUT2D eigenvalue weighted by atomic mass is 35.5. The average Bonchev–Trinajstić information content (AvgIpc) is 3.52. The molecule has 2 amide bonds. The molecule has 0 radical (unpaired) electrons. The second kappa shape index (κ2) is 11.5. The van der Waals surface area contributed by atoms with Gasteiger partial charge < -0.3 is 15.3 Å². The van der Waals surface area contributed by atoms with Gasteiger partial charge in [-0.3, -0.25) is 14.6 Å². The fraction of sp³-hybridized carbons (Fsp3) is 0.0968. The Bertz CT molecular complexity index is 1860. The summed E-state index contributed by atoms with van der Waals surface area (Å²) in [4.78, 5) is 44.6. The molecule has 1 aliphatic rings. The number of nitrogens with zero attached hydrogens (tertiary/aromatic N) is 5. The molecule has 0 saturated heterocycles. The van der Waals surface area contributed by atoms with E-state index in [-0.39, 0.29) is 28.5 Å². The van der Waals surface area contributed by atoms with Crippen LogP contribution in [-0.4, -0.2) is 54.3 Å². The van der Waals surface area contributed by atoms with E-state index in [4.69, 9.17) is 11.6 Å². The van der Waals surface area contributed by atoms with Gasteiger partial charge in [-0.05, 0) is 77.2 Å². The predicted octanol–water partition coefficient (Wildman–Crippen LogP) is 5.20. The van der Waals surface area contributed by atoms with Crippen LogP contribution in [0, 0.1) is 5.82 Å². The zero-order valence-electron chi connectivity index (χ0n) is 22.3. The summed E-state index contributed by atoms with van der Waals surface area (Å²) in [6, 6.07) is 18.4. The number of rotatable bonds is 6. The van der Waals surface area contributed by atoms with Crippen molar-refractivity contribution in [1.82, 2.24) is 24.9 Å². The third-order valence-corrected chi connectivity index (χ3v) is 7.50. The van der Waals surface area contributed by atoms with Crippen LogP contribution in [0.25, 0.3) is 16.8 Å². The topological polar surface area (TPSA) is 130 Å². The van der Waals surface area contributed by atoms with E-state index in [1.54, 1.807) is 24.5 Å². The summed E-state index contributed by atoms with van der Waals surface area (Å²) >= 11 is 5.92. The SMILES string of the molecule is O=C(O)c1ccc(NC(=O)C2c3cccc(-c4ccncc4)c3CCN2C(=O)c2cn(-c3cccc(Cl)c3F)nn2)cc1. The molecule has 0 saturated carbocycles. The van der Waals surface area contributed by atoms with Crippen LogP contribution in [0.5, 0.6) is 0 Å². The number of aromatic carboxylic acids is 1. The summed E-state index contributed by atoms with van der Waals surface area (Å²) in [5.74, 6) is -2.88. The van der Waals surface area contributed by atoms with Crippen LogP contribution < -0.4 is 5.32 Å². The molecular weight excluding hydrogens is 575 g/mol. The van der Waals surface area contributed by atoms with Crippen molar-refractivity contribution >= 4 is 35.1 Å². The summed E-state index contributed by atoms with van der Waals surface area (Å²) in [5.41, 5.74) is 3.73. The maximum atomic E-state index is 14.6. The van der Waals surface area contributed by atoms with Gasteiger partial charge in [0.05, 0.1) is 16.8 Å². The van der Waals surface area contributed by atoms with Gasteiger partial charge in [-0.15, -0.1) is 5.10 Å². The van der Waals surface area contributed by atoms with Crippen molar-refractivity contribution in [3.8, 4) is 16.8 Å². The number of carboxylic acid groups (broad SMARTS) is 1. The number of carbonyl (C=O) groups excluding carboxylic acids is 2. The molecule has 3 heterocycles. The number of hydrogen-bond donors (Lipinski definition) is 2. The Morgan fingerprint density at radius 2 is 1.72 bits per heavy atom. The number of nitrogens with one attached hydrogen (secondary N) is 1. The Balaban J connectivity index is 1.38.